The van der Waals surface area contributed by atoms with Crippen LogP contribution >= 0.6 is 0 Å². The molecule has 13 heteroatoms. The molecule has 36 heavy (non-hydrogen) atoms. The van der Waals surface area contributed by atoms with Crippen molar-refractivity contribution < 1.29 is 18.1 Å². The van der Waals surface area contributed by atoms with Crippen molar-refractivity contribution in [3.05, 3.63) is 99.7 Å². The van der Waals surface area contributed by atoms with Crippen LogP contribution in [-0.4, -0.2) is 36.1 Å². The normalized spacial score (nSPS) is 11.5. The van der Waals surface area contributed by atoms with E-state index in [0.717, 1.165) is 15.6 Å². The van der Waals surface area contributed by atoms with Gasteiger partial charge < -0.3 is 15.6 Å². The van der Waals surface area contributed by atoms with Crippen molar-refractivity contribution in [3.8, 4) is 5.82 Å². The van der Waals surface area contributed by atoms with E-state index in [9.17, 15) is 18.4 Å². The maximum Gasteiger partial charge on any atom is 0.270 e. The summed E-state index contributed by atoms with van der Waals surface area (Å²) < 4.78 is 35.7. The van der Waals surface area contributed by atoms with Crippen LogP contribution in [0.3, 0.4) is 0 Å². The summed E-state index contributed by atoms with van der Waals surface area (Å²) in [5, 5.41) is 15.3. The van der Waals surface area contributed by atoms with Crippen LogP contribution in [0.2, 0.25) is 0 Å². The summed E-state index contributed by atoms with van der Waals surface area (Å²) in [6.07, 6.45) is 4.45. The summed E-state index contributed by atoms with van der Waals surface area (Å²) in [5.74, 6) is -2.46. The van der Waals surface area contributed by atoms with Gasteiger partial charge in [0.25, 0.3) is 5.56 Å². The number of halogens is 2. The molecule has 0 saturated heterocycles. The smallest absolute Gasteiger partial charge is 0.270 e. The van der Waals surface area contributed by atoms with Crippen molar-refractivity contribution in [2.75, 3.05) is 0 Å². The number of nitrogens with zero attached hydrogens (tertiary/aromatic N) is 5. The zero-order valence-corrected chi connectivity index (χ0v) is 18.9. The zero-order valence-electron chi connectivity index (χ0n) is 18.9. The molecule has 0 radical (unpaired) electrons. The first-order valence-electron chi connectivity index (χ1n) is 10.5. The average Bonchev–Trinajstić information content (AvgIpc) is 3.47. The van der Waals surface area contributed by atoms with Crippen molar-refractivity contribution in [1.29, 1.82) is 5.41 Å². The fourth-order valence-corrected chi connectivity index (χ4v) is 3.36. The van der Waals surface area contributed by atoms with Gasteiger partial charge in [-0.1, -0.05) is 23.4 Å². The van der Waals surface area contributed by atoms with Crippen LogP contribution in [0.15, 0.2) is 64.4 Å². The second kappa shape index (κ2) is 10.1. The van der Waals surface area contributed by atoms with Gasteiger partial charge in [0.15, 0.2) is 17.5 Å². The number of aromatic nitrogens is 5. The lowest BCUT2D eigenvalue weighted by atomic mass is 10.2. The van der Waals surface area contributed by atoms with Crippen LogP contribution < -0.4 is 16.6 Å². The molecule has 4 rings (SSSR count). The van der Waals surface area contributed by atoms with Gasteiger partial charge in [-0.3, -0.25) is 15.0 Å². The Kier molecular flexibility index (Phi) is 6.81. The third-order valence-corrected chi connectivity index (χ3v) is 5.15. The van der Waals surface area contributed by atoms with Gasteiger partial charge >= 0.3 is 0 Å². The van der Waals surface area contributed by atoms with Crippen molar-refractivity contribution in [2.24, 2.45) is 12.8 Å². The lowest BCUT2D eigenvalue weighted by Gasteiger charge is -2.11. The molecule has 0 spiro atoms. The predicted octanol–water partition coefficient (Wildman–Crippen LogP) is 1.46. The zero-order chi connectivity index (χ0) is 25.8. The Morgan fingerprint density at radius 2 is 2.00 bits per heavy atom. The fourth-order valence-electron chi connectivity index (χ4n) is 3.36. The van der Waals surface area contributed by atoms with Gasteiger partial charge in [0.2, 0.25) is 5.91 Å². The minimum Gasteiger partial charge on any atom is -0.379 e. The molecule has 0 fully saturated rings. The molecule has 11 nitrogen and oxygen atoms in total. The summed E-state index contributed by atoms with van der Waals surface area (Å²) in [7, 11) is 1.37. The molecule has 0 aliphatic rings. The molecule has 4 aromatic rings. The van der Waals surface area contributed by atoms with E-state index in [-0.39, 0.29) is 35.9 Å². The highest BCUT2D eigenvalue weighted by atomic mass is 19.1. The summed E-state index contributed by atoms with van der Waals surface area (Å²) in [6, 6.07) is 7.75. The largest absolute Gasteiger partial charge is 0.379 e. The molecule has 184 valence electrons. The molecule has 1 amide bonds. The molecule has 0 saturated carbocycles. The highest BCUT2D eigenvalue weighted by Gasteiger charge is 2.18. The number of nitrogens with one attached hydrogen (secondary N) is 2. The Hall–Kier alpha value is -4.94. The highest BCUT2D eigenvalue weighted by molar-refractivity contribution is 6.07. The summed E-state index contributed by atoms with van der Waals surface area (Å²) in [6.45, 7) is 0.0856. The first-order valence-corrected chi connectivity index (χ1v) is 10.5. The molecule has 0 unspecified atom stereocenters. The van der Waals surface area contributed by atoms with E-state index < -0.39 is 23.1 Å². The van der Waals surface area contributed by atoms with Crippen LogP contribution in [0.25, 0.3) is 11.5 Å². The molecule has 3 heterocycles. The molecule has 0 aliphatic carbocycles. The maximum atomic E-state index is 14.6. The predicted molar refractivity (Wildman–Crippen MR) is 124 cm³/mol. The first kappa shape index (κ1) is 24.2. The minimum absolute atomic E-state index is 0.0604. The van der Waals surface area contributed by atoms with Crippen LogP contribution in [0.1, 0.15) is 22.6 Å². The number of hydrogen-bond acceptors (Lipinski definition) is 8. The average molecular weight is 494 g/mol. The number of rotatable bonds is 9. The monoisotopic (exact) mass is 494 g/mol. The van der Waals surface area contributed by atoms with E-state index in [0.29, 0.717) is 17.0 Å². The molecule has 1 aromatic carbocycles. The molecule has 3 aromatic heterocycles. The molecular weight excluding hydrogens is 474 g/mol. The first-order chi connectivity index (χ1) is 17.2. The Morgan fingerprint density at radius 1 is 1.22 bits per heavy atom. The van der Waals surface area contributed by atoms with Gasteiger partial charge in [-0.05, 0) is 12.1 Å². The van der Waals surface area contributed by atoms with E-state index in [1.807, 2.05) is 0 Å². The van der Waals surface area contributed by atoms with Gasteiger partial charge in [-0.25, -0.2) is 28.1 Å². The van der Waals surface area contributed by atoms with E-state index in [2.05, 4.69) is 20.4 Å². The number of primary amides is 1. The molecule has 0 bridgehead atoms. The topological polar surface area (TPSA) is 158 Å². The maximum absolute atomic E-state index is 14.6. The summed E-state index contributed by atoms with van der Waals surface area (Å²) >= 11 is 0. The van der Waals surface area contributed by atoms with Crippen molar-refractivity contribution in [3.63, 3.8) is 0 Å². The van der Waals surface area contributed by atoms with Gasteiger partial charge in [0, 0.05) is 37.0 Å². The third-order valence-electron chi connectivity index (χ3n) is 5.15. The van der Waals surface area contributed by atoms with Gasteiger partial charge in [-0.15, -0.1) is 0 Å². The Labute approximate surface area is 202 Å². The van der Waals surface area contributed by atoms with E-state index in [1.54, 1.807) is 24.3 Å². The number of nitrogens with two attached hydrogens (primary N) is 1. The number of carbonyl (C=O) groups excluding carboxylic acids is 1. The van der Waals surface area contributed by atoms with Crippen molar-refractivity contribution in [1.82, 2.24) is 29.8 Å². The summed E-state index contributed by atoms with van der Waals surface area (Å²) in [5.41, 5.74) is 5.49. The molecule has 0 aliphatic heterocycles. The SMILES string of the molecule is Cn1c(=O)c(CC(N)=O)cn1-c1nc(C(=N)/C=C(\NCc2ccccc2F)c2ccon2)ncc1F. The van der Waals surface area contributed by atoms with Crippen molar-refractivity contribution >= 4 is 17.3 Å². The lowest BCUT2D eigenvalue weighted by molar-refractivity contribution is -0.117. The van der Waals surface area contributed by atoms with E-state index >= 15 is 0 Å². The van der Waals surface area contributed by atoms with Gasteiger partial charge in [0.05, 0.1) is 18.3 Å². The Balaban J connectivity index is 1.67. The Morgan fingerprint density at radius 3 is 2.69 bits per heavy atom. The van der Waals surface area contributed by atoms with Crippen LogP contribution in [-0.2, 0) is 24.8 Å². The van der Waals surface area contributed by atoms with Crippen LogP contribution in [0.4, 0.5) is 8.78 Å². The Bertz CT molecular complexity index is 1520. The fraction of sp³-hybridized carbons (Fsp3) is 0.130. The third kappa shape index (κ3) is 5.09. The van der Waals surface area contributed by atoms with Gasteiger partial charge in [0.1, 0.15) is 23.5 Å². The molecular formula is C23H20F2N8O3. The lowest BCUT2D eigenvalue weighted by Crippen LogP contribution is -2.23. The van der Waals surface area contributed by atoms with Crippen LogP contribution in [0, 0.1) is 17.0 Å². The molecule has 0 atom stereocenters. The van der Waals surface area contributed by atoms with E-state index in [4.69, 9.17) is 15.7 Å². The highest BCUT2D eigenvalue weighted by Crippen LogP contribution is 2.15. The number of allylic oxidation sites excluding steroid dienone is 1. The van der Waals surface area contributed by atoms with E-state index in [1.165, 1.54) is 31.7 Å². The number of benzene rings is 1. The quantitative estimate of drug-likeness (QED) is 0.297. The second-order valence-corrected chi connectivity index (χ2v) is 7.64. The van der Waals surface area contributed by atoms with Crippen molar-refractivity contribution in [2.45, 2.75) is 13.0 Å². The summed E-state index contributed by atoms with van der Waals surface area (Å²) in [4.78, 5) is 31.6. The number of amides is 1. The molecule has 4 N–H and O–H groups in total. The van der Waals surface area contributed by atoms with Gasteiger partial charge in [-0.2, -0.15) is 0 Å². The number of carbonyl (C=O) groups is 1. The number of hydrogen-bond donors (Lipinski definition) is 3. The van der Waals surface area contributed by atoms with Crippen LogP contribution in [0.5, 0.6) is 0 Å². The minimum atomic E-state index is -0.860. The second-order valence-electron chi connectivity index (χ2n) is 7.64. The standard InChI is InChI=1S/C23H20F2N8O3/c1-32-23(35)14(8-20(27)34)12-33(32)22-16(25)11-29-21(30-22)17(26)9-19(18-6-7-36-31-18)28-10-13-4-2-3-5-15(13)24/h2-7,9,11-12,26,28H,8,10H2,1H3,(H2,27,34)/b19-9-,26-17?.